The van der Waals surface area contributed by atoms with Crippen molar-refractivity contribution in [2.24, 2.45) is 0 Å². The molecule has 2 atom stereocenters. The maximum atomic E-state index is 10.6. The zero-order chi connectivity index (χ0) is 20.9. The van der Waals surface area contributed by atoms with Gasteiger partial charge in [-0.15, -0.1) is 0 Å². The maximum Gasteiger partial charge on any atom is 0.269 e. The second-order valence-electron chi connectivity index (χ2n) is 9.01. The molecule has 3 N–H and O–H groups in total. The minimum atomic E-state index is -0.711. The van der Waals surface area contributed by atoms with Gasteiger partial charge in [-0.2, -0.15) is 0 Å². The molecule has 2 aliphatic heterocycles. The highest BCUT2D eigenvalue weighted by atomic mass is 16.6. The Balaban J connectivity index is 0.000000261. The number of non-ortho nitro benzene ring substituents is 1. The molecule has 1 aromatic carbocycles. The molecule has 0 aliphatic carbocycles. The van der Waals surface area contributed by atoms with E-state index in [2.05, 4.69) is 10.2 Å². The van der Waals surface area contributed by atoms with E-state index in [1.54, 1.807) is 12.1 Å². The summed E-state index contributed by atoms with van der Waals surface area (Å²) in [5.41, 5.74) is -0.0840. The third-order valence-electron chi connectivity index (χ3n) is 5.63. The first-order valence-corrected chi connectivity index (χ1v) is 10.1. The highest BCUT2D eigenvalue weighted by Gasteiger charge is 2.35. The molecule has 2 unspecified atom stereocenters. The summed E-state index contributed by atoms with van der Waals surface area (Å²) in [6.07, 6.45) is 4.40. The molecule has 2 heterocycles. The number of nitro benzene ring substituents is 1. The predicted octanol–water partition coefficient (Wildman–Crippen LogP) is 2.84. The summed E-state index contributed by atoms with van der Waals surface area (Å²) in [5.74, 6) is 0. The summed E-state index contributed by atoms with van der Waals surface area (Å²) < 4.78 is 0. The molecule has 7 nitrogen and oxygen atoms in total. The second kappa shape index (κ2) is 9.31. The largest absolute Gasteiger partial charge is 0.389 e. The van der Waals surface area contributed by atoms with Crippen LogP contribution in [-0.4, -0.2) is 56.4 Å². The summed E-state index contributed by atoms with van der Waals surface area (Å²) in [5, 5.41) is 33.5. The molecule has 158 valence electrons. The molecular formula is C21H35N3O4. The van der Waals surface area contributed by atoms with Crippen molar-refractivity contribution in [2.75, 3.05) is 13.1 Å². The molecule has 0 aromatic heterocycles. The van der Waals surface area contributed by atoms with Crippen LogP contribution in [0.15, 0.2) is 24.3 Å². The van der Waals surface area contributed by atoms with Crippen molar-refractivity contribution in [3.05, 3.63) is 39.9 Å². The monoisotopic (exact) mass is 393 g/mol. The number of likely N-dealkylation sites (tertiary alicyclic amines) is 1. The van der Waals surface area contributed by atoms with Crippen molar-refractivity contribution in [3.8, 4) is 0 Å². The lowest BCUT2D eigenvalue weighted by Crippen LogP contribution is -2.45. The quantitative estimate of drug-likeness (QED) is 0.526. The van der Waals surface area contributed by atoms with Crippen LogP contribution in [0.1, 0.15) is 58.9 Å². The van der Waals surface area contributed by atoms with E-state index < -0.39 is 11.2 Å². The van der Waals surface area contributed by atoms with Gasteiger partial charge in [0.25, 0.3) is 5.69 Å². The van der Waals surface area contributed by atoms with Crippen molar-refractivity contribution in [1.82, 2.24) is 10.2 Å². The third-order valence-corrected chi connectivity index (χ3v) is 5.63. The smallest absolute Gasteiger partial charge is 0.269 e. The van der Waals surface area contributed by atoms with Gasteiger partial charge in [-0.1, -0.05) is 12.1 Å². The topological polar surface area (TPSA) is 98.9 Å². The zero-order valence-corrected chi connectivity index (χ0v) is 17.5. The molecule has 2 saturated heterocycles. The van der Waals surface area contributed by atoms with Crippen LogP contribution in [-0.2, 0) is 6.54 Å². The Morgan fingerprint density at radius 3 is 2.18 bits per heavy atom. The van der Waals surface area contributed by atoms with E-state index in [1.807, 2.05) is 27.7 Å². The number of aliphatic hydroxyl groups is 2. The SMILES string of the molecule is CC(C)(O)C1CCCN1.CC(C)(O)C1CCCN1Cc1ccc([N+](=O)[O-])cc1. The second-order valence-corrected chi connectivity index (χ2v) is 9.01. The standard InChI is InChI=1S/C14H20N2O3.C7H15NO/c1-14(2,17)13-4-3-9-15(13)10-11-5-7-12(8-6-11)16(18)19;1-7(2,9)6-4-3-5-8-6/h5-8,13,17H,3-4,9-10H2,1-2H3;6,8-9H,3-5H2,1-2H3. The number of nitrogens with one attached hydrogen (secondary N) is 1. The Bertz CT molecular complexity index is 629. The molecule has 7 heteroatoms. The van der Waals surface area contributed by atoms with E-state index in [4.69, 9.17) is 0 Å². The molecular weight excluding hydrogens is 358 g/mol. The van der Waals surface area contributed by atoms with Gasteiger partial charge in [-0.3, -0.25) is 15.0 Å². The average molecular weight is 394 g/mol. The zero-order valence-electron chi connectivity index (χ0n) is 17.5. The van der Waals surface area contributed by atoms with Crippen LogP contribution in [0.25, 0.3) is 0 Å². The fraction of sp³-hybridized carbons (Fsp3) is 0.714. The first-order chi connectivity index (χ1) is 13.0. The molecule has 0 radical (unpaired) electrons. The van der Waals surface area contributed by atoms with Crippen LogP contribution < -0.4 is 5.32 Å². The Morgan fingerprint density at radius 1 is 1.11 bits per heavy atom. The van der Waals surface area contributed by atoms with Crippen molar-refractivity contribution in [3.63, 3.8) is 0 Å². The molecule has 0 bridgehead atoms. The van der Waals surface area contributed by atoms with Gasteiger partial charge in [-0.25, -0.2) is 0 Å². The van der Waals surface area contributed by atoms with Crippen LogP contribution >= 0.6 is 0 Å². The molecule has 28 heavy (non-hydrogen) atoms. The lowest BCUT2D eigenvalue weighted by Gasteiger charge is -2.33. The fourth-order valence-corrected chi connectivity index (χ4v) is 4.06. The minimum Gasteiger partial charge on any atom is -0.389 e. The van der Waals surface area contributed by atoms with Gasteiger partial charge in [0.1, 0.15) is 0 Å². The van der Waals surface area contributed by atoms with Crippen LogP contribution in [0.4, 0.5) is 5.69 Å². The van der Waals surface area contributed by atoms with E-state index in [0.717, 1.165) is 44.5 Å². The number of hydrogen-bond donors (Lipinski definition) is 3. The van der Waals surface area contributed by atoms with E-state index in [-0.39, 0.29) is 16.7 Å². The Labute approximate surface area is 167 Å². The first-order valence-electron chi connectivity index (χ1n) is 10.1. The molecule has 3 rings (SSSR count). The molecule has 0 amide bonds. The minimum absolute atomic E-state index is 0.115. The summed E-state index contributed by atoms with van der Waals surface area (Å²) >= 11 is 0. The Kier molecular flexibility index (Phi) is 7.56. The van der Waals surface area contributed by atoms with E-state index in [0.29, 0.717) is 6.04 Å². The van der Waals surface area contributed by atoms with E-state index >= 15 is 0 Å². The Hall–Kier alpha value is -1.54. The van der Waals surface area contributed by atoms with Gasteiger partial charge in [0.2, 0.25) is 0 Å². The molecule has 0 saturated carbocycles. The number of nitro groups is 1. The average Bonchev–Trinajstić information content (AvgIpc) is 3.26. The van der Waals surface area contributed by atoms with Crippen molar-refractivity contribution >= 4 is 5.69 Å². The van der Waals surface area contributed by atoms with Crippen LogP contribution in [0.2, 0.25) is 0 Å². The van der Waals surface area contributed by atoms with Gasteiger partial charge in [0, 0.05) is 30.8 Å². The number of nitrogens with zero attached hydrogens (tertiary/aromatic N) is 2. The Morgan fingerprint density at radius 2 is 1.75 bits per heavy atom. The van der Waals surface area contributed by atoms with Crippen LogP contribution in [0, 0.1) is 10.1 Å². The summed E-state index contributed by atoms with van der Waals surface area (Å²) in [6, 6.07) is 7.12. The number of rotatable bonds is 5. The van der Waals surface area contributed by atoms with Crippen molar-refractivity contribution in [2.45, 2.75) is 83.2 Å². The fourth-order valence-electron chi connectivity index (χ4n) is 4.06. The van der Waals surface area contributed by atoms with Crippen LogP contribution in [0.5, 0.6) is 0 Å². The van der Waals surface area contributed by atoms with Crippen LogP contribution in [0.3, 0.4) is 0 Å². The summed E-state index contributed by atoms with van der Waals surface area (Å²) in [7, 11) is 0. The van der Waals surface area contributed by atoms with Crippen molar-refractivity contribution < 1.29 is 15.1 Å². The first kappa shape index (κ1) is 22.7. The summed E-state index contributed by atoms with van der Waals surface area (Å²) in [4.78, 5) is 12.5. The molecule has 1 aromatic rings. The van der Waals surface area contributed by atoms with E-state index in [1.165, 1.54) is 18.6 Å². The van der Waals surface area contributed by atoms with Gasteiger partial charge < -0.3 is 15.5 Å². The van der Waals surface area contributed by atoms with Gasteiger partial charge in [0.15, 0.2) is 0 Å². The van der Waals surface area contributed by atoms with Gasteiger partial charge in [-0.05, 0) is 72.0 Å². The summed E-state index contributed by atoms with van der Waals surface area (Å²) in [6.45, 7) is 10.1. The maximum absolute atomic E-state index is 10.6. The molecule has 2 fully saturated rings. The molecule has 0 spiro atoms. The predicted molar refractivity (Wildman–Crippen MR) is 110 cm³/mol. The van der Waals surface area contributed by atoms with E-state index in [9.17, 15) is 20.3 Å². The lowest BCUT2D eigenvalue weighted by atomic mass is 9.96. The number of hydrogen-bond acceptors (Lipinski definition) is 6. The highest BCUT2D eigenvalue weighted by Crippen LogP contribution is 2.28. The van der Waals surface area contributed by atoms with Crippen molar-refractivity contribution in [1.29, 1.82) is 0 Å². The molecule has 2 aliphatic rings. The lowest BCUT2D eigenvalue weighted by molar-refractivity contribution is -0.384. The normalized spacial score (nSPS) is 23.4. The van der Waals surface area contributed by atoms with Gasteiger partial charge >= 0.3 is 0 Å². The third kappa shape index (κ3) is 6.51. The highest BCUT2D eigenvalue weighted by molar-refractivity contribution is 5.32. The number of benzene rings is 1. The van der Waals surface area contributed by atoms with Gasteiger partial charge in [0.05, 0.1) is 16.1 Å².